The van der Waals surface area contributed by atoms with Gasteiger partial charge in [-0.3, -0.25) is 0 Å². The summed E-state index contributed by atoms with van der Waals surface area (Å²) in [5, 5.41) is 9.34. The number of aliphatic hydroxyl groups is 1. The number of hydrogen-bond donors (Lipinski definition) is 1. The first-order chi connectivity index (χ1) is 7.69. The van der Waals surface area contributed by atoms with Crippen LogP contribution < -0.4 is 4.74 Å². The first kappa shape index (κ1) is 13.0. The Morgan fingerprint density at radius 2 is 1.94 bits per heavy atom. The Kier molecular flexibility index (Phi) is 5.29. The number of ether oxygens (including phenoxy) is 2. The van der Waals surface area contributed by atoms with Crippen LogP contribution in [-0.2, 0) is 4.74 Å². The number of hydrogen-bond acceptors (Lipinski definition) is 3. The molecule has 0 saturated heterocycles. The van der Waals surface area contributed by atoms with Crippen LogP contribution >= 0.6 is 0 Å². The molecule has 1 aromatic rings. The van der Waals surface area contributed by atoms with Crippen molar-refractivity contribution in [3.63, 3.8) is 0 Å². The Morgan fingerprint density at radius 3 is 2.50 bits per heavy atom. The predicted molar refractivity (Wildman–Crippen MR) is 63.7 cm³/mol. The van der Waals surface area contributed by atoms with Gasteiger partial charge in [-0.15, -0.1) is 0 Å². The molecule has 0 aliphatic rings. The summed E-state index contributed by atoms with van der Waals surface area (Å²) in [5.74, 6) is 0.782. The lowest BCUT2D eigenvalue weighted by molar-refractivity contribution is -0.0260. The minimum absolute atomic E-state index is 0.0394. The highest BCUT2D eigenvalue weighted by atomic mass is 16.5. The summed E-state index contributed by atoms with van der Waals surface area (Å²) in [4.78, 5) is 0. The third-order valence-corrected chi connectivity index (χ3v) is 2.17. The zero-order valence-corrected chi connectivity index (χ0v) is 10.1. The Labute approximate surface area is 97.0 Å². The number of aliphatic hydroxyl groups excluding tert-OH is 1. The molecule has 0 amide bonds. The van der Waals surface area contributed by atoms with E-state index in [2.05, 4.69) is 0 Å². The van der Waals surface area contributed by atoms with Crippen molar-refractivity contribution in [1.82, 2.24) is 0 Å². The third kappa shape index (κ3) is 3.51. The van der Waals surface area contributed by atoms with Crippen molar-refractivity contribution in [2.45, 2.75) is 33.0 Å². The van der Waals surface area contributed by atoms with Gasteiger partial charge in [-0.2, -0.15) is 0 Å². The zero-order valence-electron chi connectivity index (χ0n) is 10.1. The van der Waals surface area contributed by atoms with E-state index >= 15 is 0 Å². The molecule has 0 saturated carbocycles. The minimum Gasteiger partial charge on any atom is -0.493 e. The van der Waals surface area contributed by atoms with Crippen LogP contribution in [0, 0.1) is 0 Å². The molecule has 1 atom stereocenters. The van der Waals surface area contributed by atoms with Crippen molar-refractivity contribution in [2.24, 2.45) is 0 Å². The predicted octanol–water partition coefficient (Wildman–Crippen LogP) is 2.54. The average Bonchev–Trinajstić information content (AvgIpc) is 2.27. The molecule has 0 unspecified atom stereocenters. The second-order valence-electron chi connectivity index (χ2n) is 3.83. The molecule has 1 aromatic carbocycles. The standard InChI is InChI=1S/C13H20O3/c1-4-15-12-8-6-5-7-11(12)13(9-14)16-10(2)3/h5-8,10,13-14H,4,9H2,1-3H3/t13-/m0/s1. The van der Waals surface area contributed by atoms with E-state index in [4.69, 9.17) is 9.47 Å². The number of benzene rings is 1. The summed E-state index contributed by atoms with van der Waals surface area (Å²) in [6, 6.07) is 7.65. The number of rotatable bonds is 6. The van der Waals surface area contributed by atoms with E-state index in [0.717, 1.165) is 11.3 Å². The van der Waals surface area contributed by atoms with Crippen LogP contribution in [0.3, 0.4) is 0 Å². The quantitative estimate of drug-likeness (QED) is 0.807. The fourth-order valence-electron chi connectivity index (χ4n) is 1.58. The van der Waals surface area contributed by atoms with Crippen LogP contribution in [0.25, 0.3) is 0 Å². The monoisotopic (exact) mass is 224 g/mol. The van der Waals surface area contributed by atoms with E-state index in [1.807, 2.05) is 45.0 Å². The van der Waals surface area contributed by atoms with E-state index in [1.54, 1.807) is 0 Å². The molecule has 0 bridgehead atoms. The van der Waals surface area contributed by atoms with Crippen molar-refractivity contribution in [1.29, 1.82) is 0 Å². The molecule has 0 aliphatic carbocycles. The van der Waals surface area contributed by atoms with Crippen molar-refractivity contribution in [2.75, 3.05) is 13.2 Å². The molecule has 0 radical (unpaired) electrons. The van der Waals surface area contributed by atoms with Crippen molar-refractivity contribution >= 4 is 0 Å². The SMILES string of the molecule is CCOc1ccccc1[C@H](CO)OC(C)C. The summed E-state index contributed by atoms with van der Waals surface area (Å²) in [6.07, 6.45) is -0.241. The maximum absolute atomic E-state index is 9.34. The summed E-state index contributed by atoms with van der Waals surface area (Å²) in [6.45, 7) is 6.41. The van der Waals surface area contributed by atoms with Crippen LogP contribution in [0.2, 0.25) is 0 Å². The largest absolute Gasteiger partial charge is 0.493 e. The second kappa shape index (κ2) is 6.51. The molecular formula is C13H20O3. The molecule has 1 rings (SSSR count). The Hall–Kier alpha value is -1.06. The van der Waals surface area contributed by atoms with Gasteiger partial charge >= 0.3 is 0 Å². The lowest BCUT2D eigenvalue weighted by Gasteiger charge is -2.21. The molecule has 0 spiro atoms. The van der Waals surface area contributed by atoms with Gasteiger partial charge in [0.1, 0.15) is 11.9 Å². The molecule has 0 aliphatic heterocycles. The Balaban J connectivity index is 2.89. The van der Waals surface area contributed by atoms with Crippen molar-refractivity contribution < 1.29 is 14.6 Å². The van der Waals surface area contributed by atoms with Crippen molar-refractivity contribution in [3.8, 4) is 5.75 Å². The first-order valence-electron chi connectivity index (χ1n) is 5.67. The number of para-hydroxylation sites is 1. The Morgan fingerprint density at radius 1 is 1.25 bits per heavy atom. The molecule has 0 fully saturated rings. The second-order valence-corrected chi connectivity index (χ2v) is 3.83. The lowest BCUT2D eigenvalue weighted by Crippen LogP contribution is -2.15. The molecule has 1 N–H and O–H groups in total. The molecular weight excluding hydrogens is 204 g/mol. The molecule has 16 heavy (non-hydrogen) atoms. The normalized spacial score (nSPS) is 12.8. The highest BCUT2D eigenvalue weighted by molar-refractivity contribution is 5.35. The molecule has 90 valence electrons. The molecule has 3 nitrogen and oxygen atoms in total. The molecule has 0 heterocycles. The van der Waals surface area contributed by atoms with Gasteiger partial charge in [0.05, 0.1) is 19.3 Å². The van der Waals surface area contributed by atoms with E-state index < -0.39 is 0 Å². The fraction of sp³-hybridized carbons (Fsp3) is 0.538. The van der Waals surface area contributed by atoms with Gasteiger partial charge < -0.3 is 14.6 Å². The third-order valence-electron chi connectivity index (χ3n) is 2.17. The molecule has 0 aromatic heterocycles. The molecule has 3 heteroatoms. The highest BCUT2D eigenvalue weighted by Gasteiger charge is 2.16. The zero-order chi connectivity index (χ0) is 12.0. The van der Waals surface area contributed by atoms with Gasteiger partial charge in [0.2, 0.25) is 0 Å². The van der Waals surface area contributed by atoms with E-state index in [-0.39, 0.29) is 18.8 Å². The van der Waals surface area contributed by atoms with Crippen LogP contribution in [-0.4, -0.2) is 24.4 Å². The first-order valence-corrected chi connectivity index (χ1v) is 5.67. The fourth-order valence-corrected chi connectivity index (χ4v) is 1.58. The van der Waals surface area contributed by atoms with Gasteiger partial charge in [0, 0.05) is 5.56 Å². The summed E-state index contributed by atoms with van der Waals surface area (Å²) >= 11 is 0. The van der Waals surface area contributed by atoms with Gasteiger partial charge in [-0.25, -0.2) is 0 Å². The van der Waals surface area contributed by atoms with Crippen LogP contribution in [0.1, 0.15) is 32.4 Å². The van der Waals surface area contributed by atoms with Gasteiger partial charge in [-0.1, -0.05) is 18.2 Å². The average molecular weight is 224 g/mol. The topological polar surface area (TPSA) is 38.7 Å². The van der Waals surface area contributed by atoms with Crippen LogP contribution in [0.4, 0.5) is 0 Å². The summed E-state index contributed by atoms with van der Waals surface area (Å²) < 4.78 is 11.2. The summed E-state index contributed by atoms with van der Waals surface area (Å²) in [7, 11) is 0. The van der Waals surface area contributed by atoms with Crippen molar-refractivity contribution in [3.05, 3.63) is 29.8 Å². The van der Waals surface area contributed by atoms with Gasteiger partial charge in [0.15, 0.2) is 0 Å². The van der Waals surface area contributed by atoms with E-state index in [9.17, 15) is 5.11 Å². The highest BCUT2D eigenvalue weighted by Crippen LogP contribution is 2.28. The smallest absolute Gasteiger partial charge is 0.125 e. The van der Waals surface area contributed by atoms with Crippen LogP contribution in [0.5, 0.6) is 5.75 Å². The summed E-state index contributed by atoms with van der Waals surface area (Å²) in [5.41, 5.74) is 0.903. The van der Waals surface area contributed by atoms with E-state index in [1.165, 1.54) is 0 Å². The van der Waals surface area contributed by atoms with Gasteiger partial charge in [0.25, 0.3) is 0 Å². The van der Waals surface area contributed by atoms with Gasteiger partial charge in [-0.05, 0) is 26.8 Å². The Bertz CT molecular complexity index is 310. The maximum atomic E-state index is 9.34. The maximum Gasteiger partial charge on any atom is 0.125 e. The lowest BCUT2D eigenvalue weighted by atomic mass is 10.1. The van der Waals surface area contributed by atoms with E-state index in [0.29, 0.717) is 6.61 Å². The van der Waals surface area contributed by atoms with Crippen LogP contribution in [0.15, 0.2) is 24.3 Å². The minimum atomic E-state index is -0.317.